The summed E-state index contributed by atoms with van der Waals surface area (Å²) in [7, 11) is 0. The highest BCUT2D eigenvalue weighted by molar-refractivity contribution is 6.37. The number of esters is 1. The van der Waals surface area contributed by atoms with Gasteiger partial charge in [0, 0.05) is 18.5 Å². The Kier molecular flexibility index (Phi) is 5.97. The van der Waals surface area contributed by atoms with Gasteiger partial charge in [-0.3, -0.25) is 4.79 Å². The van der Waals surface area contributed by atoms with Crippen LogP contribution < -0.4 is 16.1 Å². The fourth-order valence-electron chi connectivity index (χ4n) is 2.91. The van der Waals surface area contributed by atoms with Gasteiger partial charge >= 0.3 is 5.97 Å². The summed E-state index contributed by atoms with van der Waals surface area (Å²) in [6.07, 6.45) is 0.297. The molecular weight excluding hydrogens is 417 g/mol. The predicted molar refractivity (Wildman–Crippen MR) is 114 cm³/mol. The zero-order valence-electron chi connectivity index (χ0n) is 16.7. The molecule has 0 fully saturated rings. The Morgan fingerprint density at radius 3 is 2.56 bits per heavy atom. The minimum absolute atomic E-state index is 0.0773. The number of ether oxygens (including phenoxy) is 1. The highest BCUT2D eigenvalue weighted by Crippen LogP contribution is 2.20. The van der Waals surface area contributed by atoms with Crippen molar-refractivity contribution in [3.63, 3.8) is 0 Å². The fourth-order valence-corrected chi connectivity index (χ4v) is 2.91. The predicted octanol–water partition coefficient (Wildman–Crippen LogP) is 2.56. The highest BCUT2D eigenvalue weighted by atomic mass is 19.1. The molecular formula is C21H18FN7O3. The van der Waals surface area contributed by atoms with Gasteiger partial charge in [0.05, 0.1) is 5.69 Å². The monoisotopic (exact) mass is 435 g/mol. The number of nitrogen functional groups attached to an aromatic ring is 1. The highest BCUT2D eigenvalue weighted by Gasteiger charge is 2.26. The summed E-state index contributed by atoms with van der Waals surface area (Å²) >= 11 is 0. The molecule has 0 unspecified atom stereocenters. The third-order valence-corrected chi connectivity index (χ3v) is 4.40. The van der Waals surface area contributed by atoms with E-state index < -0.39 is 5.97 Å². The number of carbonyl (C=O) groups is 2. The molecule has 0 spiro atoms. The average Bonchev–Trinajstić information content (AvgIpc) is 2.79. The van der Waals surface area contributed by atoms with Crippen LogP contribution in [0, 0.1) is 5.82 Å². The Labute approximate surface area is 182 Å². The van der Waals surface area contributed by atoms with Gasteiger partial charge in [-0.05, 0) is 36.4 Å². The zero-order valence-corrected chi connectivity index (χ0v) is 16.7. The summed E-state index contributed by atoms with van der Waals surface area (Å²) in [6, 6.07) is 14.4. The van der Waals surface area contributed by atoms with Crippen LogP contribution >= 0.6 is 0 Å². The molecule has 11 heteroatoms. The van der Waals surface area contributed by atoms with Crippen molar-refractivity contribution in [1.82, 2.24) is 15.0 Å². The average molecular weight is 435 g/mol. The molecule has 0 radical (unpaired) electrons. The van der Waals surface area contributed by atoms with Gasteiger partial charge in [-0.15, -0.1) is 0 Å². The van der Waals surface area contributed by atoms with Gasteiger partial charge < -0.3 is 15.8 Å². The summed E-state index contributed by atoms with van der Waals surface area (Å²) in [4.78, 5) is 36.8. The largest absolute Gasteiger partial charge is 0.453 e. The maximum absolute atomic E-state index is 13.1. The molecule has 32 heavy (non-hydrogen) atoms. The van der Waals surface area contributed by atoms with E-state index in [4.69, 9.17) is 10.5 Å². The standard InChI is InChI=1S/C21H18FN7O3/c22-13-6-8-14(9-7-13)24-21-26-17(25-20(23)27-21)12-32-19(31)16-10-11-18(30)29(28-16)15-4-2-1-3-5-15/h1-9H,10-12H2,(H3,23,24,25,26,27). The SMILES string of the molecule is Nc1nc(COC(=O)C2=NN(c3ccccc3)C(=O)CC2)nc(Nc2ccc(F)cc2)n1. The van der Waals surface area contributed by atoms with E-state index >= 15 is 0 Å². The van der Waals surface area contributed by atoms with E-state index in [0.717, 1.165) is 0 Å². The summed E-state index contributed by atoms with van der Waals surface area (Å²) in [5, 5.41) is 8.21. The van der Waals surface area contributed by atoms with Gasteiger partial charge in [-0.1, -0.05) is 18.2 Å². The number of nitrogens with one attached hydrogen (secondary N) is 1. The van der Waals surface area contributed by atoms with E-state index in [2.05, 4.69) is 25.4 Å². The number of halogens is 1. The third kappa shape index (κ3) is 5.01. The lowest BCUT2D eigenvalue weighted by Crippen LogP contribution is -2.35. The summed E-state index contributed by atoms with van der Waals surface area (Å²) in [6.45, 7) is -0.276. The lowest BCUT2D eigenvalue weighted by molar-refractivity contribution is -0.137. The number of amides is 1. The van der Waals surface area contributed by atoms with Crippen LogP contribution in [0.4, 0.5) is 27.7 Å². The van der Waals surface area contributed by atoms with Crippen molar-refractivity contribution in [2.45, 2.75) is 19.4 Å². The van der Waals surface area contributed by atoms with Crippen molar-refractivity contribution < 1.29 is 18.7 Å². The second-order valence-electron chi connectivity index (χ2n) is 6.73. The van der Waals surface area contributed by atoms with Gasteiger partial charge in [-0.2, -0.15) is 20.1 Å². The molecule has 0 atom stereocenters. The number of aromatic nitrogens is 3. The number of rotatable bonds is 6. The van der Waals surface area contributed by atoms with Gasteiger partial charge in [0.25, 0.3) is 0 Å². The Balaban J connectivity index is 1.44. The molecule has 1 amide bonds. The van der Waals surface area contributed by atoms with Gasteiger partial charge in [-0.25, -0.2) is 14.2 Å². The fraction of sp³-hybridized carbons (Fsp3) is 0.143. The zero-order chi connectivity index (χ0) is 22.5. The topological polar surface area (TPSA) is 136 Å². The smallest absolute Gasteiger partial charge is 0.354 e. The van der Waals surface area contributed by atoms with Crippen molar-refractivity contribution in [1.29, 1.82) is 0 Å². The molecule has 2 heterocycles. The molecule has 1 aliphatic heterocycles. The van der Waals surface area contributed by atoms with E-state index in [-0.39, 0.29) is 54.6 Å². The van der Waals surface area contributed by atoms with Crippen LogP contribution in [-0.4, -0.2) is 32.5 Å². The first-order valence-electron chi connectivity index (χ1n) is 9.63. The molecule has 162 valence electrons. The van der Waals surface area contributed by atoms with Crippen LogP contribution in [0.1, 0.15) is 18.7 Å². The minimum Gasteiger partial charge on any atom is -0.453 e. The van der Waals surface area contributed by atoms with Crippen LogP contribution in [0.3, 0.4) is 0 Å². The number of anilines is 4. The number of nitrogens with two attached hydrogens (primary N) is 1. The molecule has 3 aromatic rings. The van der Waals surface area contributed by atoms with E-state index in [9.17, 15) is 14.0 Å². The lowest BCUT2D eigenvalue weighted by atomic mass is 10.1. The second-order valence-corrected chi connectivity index (χ2v) is 6.73. The maximum Gasteiger partial charge on any atom is 0.354 e. The van der Waals surface area contributed by atoms with Gasteiger partial charge in [0.15, 0.2) is 12.4 Å². The summed E-state index contributed by atoms with van der Waals surface area (Å²) in [5.41, 5.74) is 6.93. The quantitative estimate of drug-likeness (QED) is 0.564. The molecule has 3 N–H and O–H groups in total. The normalized spacial score (nSPS) is 13.5. The molecule has 0 saturated heterocycles. The summed E-state index contributed by atoms with van der Waals surface area (Å²) in [5.74, 6) is -1.13. The number of para-hydroxylation sites is 1. The van der Waals surface area contributed by atoms with Crippen molar-refractivity contribution in [3.8, 4) is 0 Å². The first-order chi connectivity index (χ1) is 15.5. The van der Waals surface area contributed by atoms with E-state index in [1.807, 2.05) is 6.07 Å². The Morgan fingerprint density at radius 2 is 1.81 bits per heavy atom. The molecule has 1 aromatic heterocycles. The van der Waals surface area contributed by atoms with Crippen LogP contribution in [-0.2, 0) is 20.9 Å². The molecule has 0 bridgehead atoms. The van der Waals surface area contributed by atoms with Crippen LogP contribution in [0.5, 0.6) is 0 Å². The molecule has 0 aliphatic carbocycles. The molecule has 2 aromatic carbocycles. The van der Waals surface area contributed by atoms with E-state index in [1.54, 1.807) is 24.3 Å². The molecule has 4 rings (SSSR count). The van der Waals surface area contributed by atoms with Gasteiger partial charge in [0.2, 0.25) is 17.8 Å². The van der Waals surface area contributed by atoms with Crippen molar-refractivity contribution in [2.24, 2.45) is 5.10 Å². The van der Waals surface area contributed by atoms with E-state index in [1.165, 1.54) is 29.3 Å². The molecule has 0 saturated carbocycles. The van der Waals surface area contributed by atoms with Crippen LogP contribution in [0.25, 0.3) is 0 Å². The van der Waals surface area contributed by atoms with Crippen LogP contribution in [0.15, 0.2) is 59.7 Å². The van der Waals surface area contributed by atoms with Crippen molar-refractivity contribution >= 4 is 40.9 Å². The third-order valence-electron chi connectivity index (χ3n) is 4.40. The minimum atomic E-state index is -0.689. The first-order valence-corrected chi connectivity index (χ1v) is 9.63. The number of hydrogen-bond donors (Lipinski definition) is 2. The number of benzene rings is 2. The molecule has 1 aliphatic rings. The number of carbonyl (C=O) groups excluding carboxylic acids is 2. The lowest BCUT2D eigenvalue weighted by Gasteiger charge is -2.22. The maximum atomic E-state index is 13.1. The summed E-state index contributed by atoms with van der Waals surface area (Å²) < 4.78 is 18.3. The Morgan fingerprint density at radius 1 is 1.06 bits per heavy atom. The van der Waals surface area contributed by atoms with E-state index in [0.29, 0.717) is 11.4 Å². The first kappa shape index (κ1) is 20.8. The Hall–Kier alpha value is -4.41. The van der Waals surface area contributed by atoms with Crippen LogP contribution in [0.2, 0.25) is 0 Å². The second kappa shape index (κ2) is 9.16. The molecule has 10 nitrogen and oxygen atoms in total. The number of hydrogen-bond acceptors (Lipinski definition) is 9. The van der Waals surface area contributed by atoms with Crippen molar-refractivity contribution in [3.05, 3.63) is 66.2 Å². The number of hydrazone groups is 1. The van der Waals surface area contributed by atoms with Crippen molar-refractivity contribution in [2.75, 3.05) is 16.1 Å². The van der Waals surface area contributed by atoms with Gasteiger partial charge in [0.1, 0.15) is 11.5 Å². The Bertz CT molecular complexity index is 1170. The number of nitrogens with zero attached hydrogens (tertiary/aromatic N) is 5.